The van der Waals surface area contributed by atoms with Crippen molar-refractivity contribution < 1.29 is 4.79 Å². The first kappa shape index (κ1) is 19.1. The monoisotopic (exact) mass is 361 g/mol. The molecular formula is C23H27N3O. The predicted octanol–water partition coefficient (Wildman–Crippen LogP) is 5.31. The highest BCUT2D eigenvalue weighted by atomic mass is 16.2. The standard InChI is InChI=1S/C23H27N3O/c1-3-4-5-11-16-25(2)26(23(27)19-12-7-6-8-13-19)21-17-20-14-9-10-15-22(20)24-18-21/h6-10,12-15,17-18H,3-5,11,16H2,1-2H3. The molecule has 0 aliphatic rings. The second-order valence-corrected chi connectivity index (χ2v) is 6.81. The Morgan fingerprint density at radius 2 is 1.70 bits per heavy atom. The maximum Gasteiger partial charge on any atom is 0.272 e. The van der Waals surface area contributed by atoms with E-state index in [0.717, 1.165) is 29.6 Å². The minimum absolute atomic E-state index is 0.0364. The van der Waals surface area contributed by atoms with Crippen LogP contribution in [0, 0.1) is 0 Å². The Hall–Kier alpha value is -2.72. The molecule has 4 heteroatoms. The normalized spacial score (nSPS) is 11.1. The van der Waals surface area contributed by atoms with Crippen LogP contribution in [0.1, 0.15) is 43.0 Å². The Labute approximate surface area is 161 Å². The second kappa shape index (κ2) is 9.28. The fourth-order valence-corrected chi connectivity index (χ4v) is 3.22. The van der Waals surface area contributed by atoms with Crippen LogP contribution in [-0.4, -0.2) is 29.5 Å². The molecule has 0 bridgehead atoms. The van der Waals surface area contributed by atoms with Crippen molar-refractivity contribution in [2.24, 2.45) is 0 Å². The van der Waals surface area contributed by atoms with Gasteiger partial charge in [-0.15, -0.1) is 0 Å². The number of para-hydroxylation sites is 1. The number of hydrazine groups is 1. The van der Waals surface area contributed by atoms with E-state index in [1.807, 2.05) is 72.7 Å². The number of amides is 1. The van der Waals surface area contributed by atoms with Crippen LogP contribution in [0.2, 0.25) is 0 Å². The van der Waals surface area contributed by atoms with Crippen molar-refractivity contribution in [3.8, 4) is 0 Å². The molecule has 0 aliphatic heterocycles. The molecule has 0 saturated heterocycles. The lowest BCUT2D eigenvalue weighted by molar-refractivity contribution is 0.0913. The zero-order chi connectivity index (χ0) is 19.1. The van der Waals surface area contributed by atoms with Crippen LogP contribution in [0.25, 0.3) is 10.9 Å². The molecular weight excluding hydrogens is 334 g/mol. The maximum absolute atomic E-state index is 13.3. The van der Waals surface area contributed by atoms with Crippen molar-refractivity contribution in [2.75, 3.05) is 18.6 Å². The predicted molar refractivity (Wildman–Crippen MR) is 112 cm³/mol. The van der Waals surface area contributed by atoms with Crippen molar-refractivity contribution in [3.05, 3.63) is 72.4 Å². The van der Waals surface area contributed by atoms with E-state index in [1.165, 1.54) is 19.3 Å². The van der Waals surface area contributed by atoms with Gasteiger partial charge >= 0.3 is 0 Å². The number of hydrogen-bond donors (Lipinski definition) is 0. The number of pyridine rings is 1. The summed E-state index contributed by atoms with van der Waals surface area (Å²) in [5.41, 5.74) is 2.39. The van der Waals surface area contributed by atoms with E-state index < -0.39 is 0 Å². The van der Waals surface area contributed by atoms with Gasteiger partial charge in [-0.3, -0.25) is 9.78 Å². The van der Waals surface area contributed by atoms with E-state index in [9.17, 15) is 4.79 Å². The van der Waals surface area contributed by atoms with Gasteiger partial charge in [0.25, 0.3) is 5.91 Å². The number of fused-ring (bicyclic) bond motifs is 1. The number of anilines is 1. The summed E-state index contributed by atoms with van der Waals surface area (Å²) in [5.74, 6) is -0.0364. The first-order valence-electron chi connectivity index (χ1n) is 9.66. The van der Waals surface area contributed by atoms with Crippen molar-refractivity contribution in [3.63, 3.8) is 0 Å². The Balaban J connectivity index is 1.91. The minimum atomic E-state index is -0.0364. The van der Waals surface area contributed by atoms with Crippen molar-refractivity contribution in [2.45, 2.75) is 32.6 Å². The highest BCUT2D eigenvalue weighted by Gasteiger charge is 2.22. The number of hydrogen-bond acceptors (Lipinski definition) is 3. The lowest BCUT2D eigenvalue weighted by atomic mass is 10.1. The summed E-state index contributed by atoms with van der Waals surface area (Å²) >= 11 is 0. The lowest BCUT2D eigenvalue weighted by Crippen LogP contribution is -2.45. The topological polar surface area (TPSA) is 36.4 Å². The van der Waals surface area contributed by atoms with Crippen molar-refractivity contribution in [1.29, 1.82) is 0 Å². The molecule has 3 aromatic rings. The van der Waals surface area contributed by atoms with E-state index in [1.54, 1.807) is 11.2 Å². The van der Waals surface area contributed by atoms with Gasteiger partial charge in [0.15, 0.2) is 0 Å². The zero-order valence-corrected chi connectivity index (χ0v) is 16.1. The molecule has 0 N–H and O–H groups in total. The van der Waals surface area contributed by atoms with E-state index in [4.69, 9.17) is 0 Å². The number of carbonyl (C=O) groups is 1. The second-order valence-electron chi connectivity index (χ2n) is 6.81. The third-order valence-electron chi connectivity index (χ3n) is 4.71. The molecule has 1 heterocycles. The third-order valence-corrected chi connectivity index (χ3v) is 4.71. The fraction of sp³-hybridized carbons (Fsp3) is 0.304. The van der Waals surface area contributed by atoms with E-state index in [0.29, 0.717) is 5.56 Å². The van der Waals surface area contributed by atoms with Gasteiger partial charge in [-0.1, -0.05) is 62.6 Å². The van der Waals surface area contributed by atoms with Gasteiger partial charge in [0, 0.05) is 24.5 Å². The Morgan fingerprint density at radius 1 is 0.963 bits per heavy atom. The summed E-state index contributed by atoms with van der Waals surface area (Å²) in [4.78, 5) is 17.8. The van der Waals surface area contributed by atoms with Gasteiger partial charge in [-0.2, -0.15) is 0 Å². The van der Waals surface area contributed by atoms with Gasteiger partial charge in [0.1, 0.15) is 0 Å². The number of carbonyl (C=O) groups excluding carboxylic acids is 1. The van der Waals surface area contributed by atoms with Gasteiger partial charge < -0.3 is 0 Å². The smallest absolute Gasteiger partial charge is 0.267 e. The molecule has 4 nitrogen and oxygen atoms in total. The van der Waals surface area contributed by atoms with Crippen molar-refractivity contribution in [1.82, 2.24) is 9.99 Å². The number of aromatic nitrogens is 1. The zero-order valence-electron chi connectivity index (χ0n) is 16.1. The SMILES string of the molecule is CCCCCCN(C)N(C(=O)c1ccccc1)c1cnc2ccccc2c1. The molecule has 0 fully saturated rings. The highest BCUT2D eigenvalue weighted by molar-refractivity contribution is 6.06. The van der Waals surface area contributed by atoms with Crippen LogP contribution in [0.5, 0.6) is 0 Å². The van der Waals surface area contributed by atoms with Gasteiger partial charge in [-0.25, -0.2) is 10.0 Å². The van der Waals surface area contributed by atoms with Crippen LogP contribution < -0.4 is 5.01 Å². The molecule has 3 rings (SSSR count). The summed E-state index contributed by atoms with van der Waals surface area (Å²) in [7, 11) is 1.97. The maximum atomic E-state index is 13.3. The molecule has 140 valence electrons. The molecule has 1 amide bonds. The number of nitrogens with zero attached hydrogens (tertiary/aromatic N) is 3. The molecule has 1 aromatic heterocycles. The summed E-state index contributed by atoms with van der Waals surface area (Å²) < 4.78 is 0. The molecule has 27 heavy (non-hydrogen) atoms. The first-order valence-corrected chi connectivity index (χ1v) is 9.66. The first-order chi connectivity index (χ1) is 13.2. The molecule has 0 radical (unpaired) electrons. The Bertz CT molecular complexity index is 879. The van der Waals surface area contributed by atoms with E-state index in [2.05, 4.69) is 11.9 Å². The average molecular weight is 361 g/mol. The number of unbranched alkanes of at least 4 members (excludes halogenated alkanes) is 3. The quantitative estimate of drug-likeness (QED) is 0.403. The molecule has 0 atom stereocenters. The largest absolute Gasteiger partial charge is 0.272 e. The summed E-state index contributed by atoms with van der Waals surface area (Å²) in [5, 5.41) is 4.79. The van der Waals surface area contributed by atoms with Gasteiger partial charge in [0.05, 0.1) is 17.4 Å². The van der Waals surface area contributed by atoms with Crippen molar-refractivity contribution >= 4 is 22.5 Å². The number of benzene rings is 2. The highest BCUT2D eigenvalue weighted by Crippen LogP contribution is 2.23. The van der Waals surface area contributed by atoms with Crippen LogP contribution in [0.3, 0.4) is 0 Å². The summed E-state index contributed by atoms with van der Waals surface area (Å²) in [6.45, 7) is 3.03. The van der Waals surface area contributed by atoms with Crippen LogP contribution in [-0.2, 0) is 0 Å². The lowest BCUT2D eigenvalue weighted by Gasteiger charge is -2.32. The van der Waals surface area contributed by atoms with E-state index in [-0.39, 0.29) is 5.91 Å². The van der Waals surface area contributed by atoms with Crippen LogP contribution in [0.15, 0.2) is 66.9 Å². The van der Waals surface area contributed by atoms with Crippen LogP contribution >= 0.6 is 0 Å². The molecule has 2 aromatic carbocycles. The minimum Gasteiger partial charge on any atom is -0.267 e. The third kappa shape index (κ3) is 4.72. The summed E-state index contributed by atoms with van der Waals surface area (Å²) in [6, 6.07) is 19.4. The molecule has 0 unspecified atom stereocenters. The molecule has 0 aliphatic carbocycles. The fourth-order valence-electron chi connectivity index (χ4n) is 3.22. The Kier molecular flexibility index (Phi) is 6.55. The van der Waals surface area contributed by atoms with Gasteiger partial charge in [-0.05, 0) is 30.7 Å². The molecule has 0 saturated carbocycles. The van der Waals surface area contributed by atoms with Crippen LogP contribution in [0.4, 0.5) is 5.69 Å². The Morgan fingerprint density at radius 3 is 2.48 bits per heavy atom. The summed E-state index contributed by atoms with van der Waals surface area (Å²) in [6.07, 6.45) is 6.43. The number of rotatable bonds is 8. The van der Waals surface area contributed by atoms with E-state index >= 15 is 0 Å². The average Bonchev–Trinajstić information content (AvgIpc) is 2.72. The van der Waals surface area contributed by atoms with Gasteiger partial charge in [0.2, 0.25) is 0 Å². The molecule has 0 spiro atoms.